The molecule has 27 heavy (non-hydrogen) atoms. The summed E-state index contributed by atoms with van der Waals surface area (Å²) in [6, 6.07) is 0. The van der Waals surface area contributed by atoms with Crippen molar-refractivity contribution in [2.24, 2.45) is 4.99 Å². The molecule has 0 amide bonds. The highest BCUT2D eigenvalue weighted by molar-refractivity contribution is 5.79. The van der Waals surface area contributed by atoms with Gasteiger partial charge in [-0.2, -0.15) is 0 Å². The number of nitrogens with zero attached hydrogens (tertiary/aromatic N) is 2. The molecule has 0 aromatic rings. The van der Waals surface area contributed by atoms with Gasteiger partial charge in [0.1, 0.15) is 0 Å². The Hall–Kier alpha value is -0.850. The van der Waals surface area contributed by atoms with Crippen LogP contribution in [-0.4, -0.2) is 76.1 Å². The molecule has 0 saturated carbocycles. The van der Waals surface area contributed by atoms with Gasteiger partial charge in [0.25, 0.3) is 0 Å². The van der Waals surface area contributed by atoms with Crippen molar-refractivity contribution >= 4 is 5.96 Å². The standard InChI is InChI=1S/C21H42N4O2/c1-2-22-21(24-13-10-17-26-19-20-11-9-18-27-20)23-12-5-3-6-14-25-15-7-4-8-16-25/h20H,2-19H2,1H3,(H2,22,23,24). The summed E-state index contributed by atoms with van der Waals surface area (Å²) in [5.41, 5.74) is 0. The summed E-state index contributed by atoms with van der Waals surface area (Å²) in [7, 11) is 0. The predicted octanol–water partition coefficient (Wildman–Crippen LogP) is 2.78. The van der Waals surface area contributed by atoms with Gasteiger partial charge >= 0.3 is 0 Å². The Morgan fingerprint density at radius 3 is 2.74 bits per heavy atom. The lowest BCUT2D eigenvalue weighted by Crippen LogP contribution is -2.38. The minimum absolute atomic E-state index is 0.322. The molecule has 1 atom stereocenters. The highest BCUT2D eigenvalue weighted by Gasteiger charge is 2.14. The zero-order valence-corrected chi connectivity index (χ0v) is 17.5. The van der Waals surface area contributed by atoms with Gasteiger partial charge in [0.2, 0.25) is 0 Å². The van der Waals surface area contributed by atoms with Crippen LogP contribution in [0.5, 0.6) is 0 Å². The quantitative estimate of drug-likeness (QED) is 0.291. The molecular formula is C21H42N4O2. The number of hydrogen-bond acceptors (Lipinski definition) is 4. The average molecular weight is 383 g/mol. The fraction of sp³-hybridized carbons (Fsp3) is 0.952. The third-order valence-electron chi connectivity index (χ3n) is 5.28. The average Bonchev–Trinajstić information content (AvgIpc) is 3.21. The molecule has 1 unspecified atom stereocenters. The summed E-state index contributed by atoms with van der Waals surface area (Å²) < 4.78 is 11.3. The van der Waals surface area contributed by atoms with Crippen molar-refractivity contribution in [3.05, 3.63) is 0 Å². The van der Waals surface area contributed by atoms with Crippen LogP contribution in [0.25, 0.3) is 0 Å². The summed E-state index contributed by atoms with van der Waals surface area (Å²) >= 11 is 0. The highest BCUT2D eigenvalue weighted by atomic mass is 16.5. The molecule has 2 heterocycles. The lowest BCUT2D eigenvalue weighted by molar-refractivity contribution is 0.0171. The minimum Gasteiger partial charge on any atom is -0.379 e. The molecule has 0 aromatic heterocycles. The van der Waals surface area contributed by atoms with Gasteiger partial charge in [-0.25, -0.2) is 0 Å². The van der Waals surface area contributed by atoms with Crippen LogP contribution in [0.15, 0.2) is 4.99 Å². The smallest absolute Gasteiger partial charge is 0.191 e. The maximum Gasteiger partial charge on any atom is 0.191 e. The number of guanidine groups is 1. The number of ether oxygens (including phenoxy) is 2. The third kappa shape index (κ3) is 10.9. The van der Waals surface area contributed by atoms with Crippen molar-refractivity contribution in [1.82, 2.24) is 15.5 Å². The molecule has 2 fully saturated rings. The van der Waals surface area contributed by atoms with Gasteiger partial charge in [0.05, 0.1) is 12.7 Å². The van der Waals surface area contributed by atoms with Gasteiger partial charge in [-0.05, 0) is 71.5 Å². The van der Waals surface area contributed by atoms with Crippen molar-refractivity contribution in [3.63, 3.8) is 0 Å². The number of aliphatic imine (C=N–C) groups is 1. The number of unbranched alkanes of at least 4 members (excludes halogenated alkanes) is 2. The monoisotopic (exact) mass is 382 g/mol. The van der Waals surface area contributed by atoms with Crippen molar-refractivity contribution in [3.8, 4) is 0 Å². The summed E-state index contributed by atoms with van der Waals surface area (Å²) in [6.45, 7) is 11.1. The molecule has 2 aliphatic heterocycles. The van der Waals surface area contributed by atoms with Crippen LogP contribution in [0.2, 0.25) is 0 Å². The van der Waals surface area contributed by atoms with Gasteiger partial charge in [-0.1, -0.05) is 12.8 Å². The first-order valence-corrected chi connectivity index (χ1v) is 11.3. The van der Waals surface area contributed by atoms with Gasteiger partial charge < -0.3 is 25.0 Å². The molecule has 0 radical (unpaired) electrons. The van der Waals surface area contributed by atoms with E-state index < -0.39 is 0 Å². The van der Waals surface area contributed by atoms with Gasteiger partial charge in [0, 0.05) is 32.8 Å². The Labute approximate surface area is 166 Å². The van der Waals surface area contributed by atoms with E-state index in [1.807, 2.05) is 0 Å². The maximum absolute atomic E-state index is 5.70. The van der Waals surface area contributed by atoms with E-state index in [0.29, 0.717) is 6.10 Å². The van der Waals surface area contributed by atoms with E-state index >= 15 is 0 Å². The lowest BCUT2D eigenvalue weighted by atomic mass is 10.1. The van der Waals surface area contributed by atoms with E-state index in [4.69, 9.17) is 9.47 Å². The van der Waals surface area contributed by atoms with Crippen LogP contribution in [0, 0.1) is 0 Å². The van der Waals surface area contributed by atoms with Crippen molar-refractivity contribution in [1.29, 1.82) is 0 Å². The SMILES string of the molecule is CCNC(=NCCCOCC1CCCO1)NCCCCCN1CCCCC1. The first-order chi connectivity index (χ1) is 13.4. The second-order valence-corrected chi connectivity index (χ2v) is 7.71. The molecule has 2 N–H and O–H groups in total. The minimum atomic E-state index is 0.322. The fourth-order valence-corrected chi connectivity index (χ4v) is 3.72. The number of rotatable bonds is 13. The van der Waals surface area contributed by atoms with Crippen molar-refractivity contribution in [2.45, 2.75) is 70.8 Å². The summed E-state index contributed by atoms with van der Waals surface area (Å²) in [6.07, 6.45) is 11.6. The first kappa shape index (κ1) is 22.4. The summed E-state index contributed by atoms with van der Waals surface area (Å²) in [4.78, 5) is 7.28. The van der Waals surface area contributed by atoms with E-state index in [-0.39, 0.29) is 0 Å². The normalized spacial score (nSPS) is 21.5. The summed E-state index contributed by atoms with van der Waals surface area (Å²) in [5.74, 6) is 0.938. The molecule has 2 rings (SSSR count). The van der Waals surface area contributed by atoms with Crippen LogP contribution >= 0.6 is 0 Å². The number of likely N-dealkylation sites (tertiary alicyclic amines) is 1. The molecule has 2 saturated heterocycles. The van der Waals surface area contributed by atoms with Gasteiger partial charge in [-0.3, -0.25) is 4.99 Å². The zero-order chi connectivity index (χ0) is 19.0. The molecule has 0 aromatic carbocycles. The van der Waals surface area contributed by atoms with Crippen LogP contribution in [-0.2, 0) is 9.47 Å². The Bertz CT molecular complexity index is 380. The number of piperidine rings is 1. The van der Waals surface area contributed by atoms with E-state index in [9.17, 15) is 0 Å². The number of nitrogens with one attached hydrogen (secondary N) is 2. The largest absolute Gasteiger partial charge is 0.379 e. The molecule has 6 nitrogen and oxygen atoms in total. The Balaban J connectivity index is 1.44. The molecular weight excluding hydrogens is 340 g/mol. The van der Waals surface area contributed by atoms with Crippen LogP contribution < -0.4 is 10.6 Å². The second-order valence-electron chi connectivity index (χ2n) is 7.71. The fourth-order valence-electron chi connectivity index (χ4n) is 3.72. The molecule has 6 heteroatoms. The Kier molecular flexibility index (Phi) is 12.6. The van der Waals surface area contributed by atoms with Crippen LogP contribution in [0.1, 0.15) is 64.7 Å². The first-order valence-electron chi connectivity index (χ1n) is 11.3. The molecule has 2 aliphatic rings. The maximum atomic E-state index is 5.70. The zero-order valence-electron chi connectivity index (χ0n) is 17.5. The molecule has 0 bridgehead atoms. The van der Waals surface area contributed by atoms with Crippen molar-refractivity contribution < 1.29 is 9.47 Å². The van der Waals surface area contributed by atoms with E-state index in [2.05, 4.69) is 27.4 Å². The Morgan fingerprint density at radius 1 is 1.07 bits per heavy atom. The molecule has 158 valence electrons. The molecule has 0 spiro atoms. The predicted molar refractivity (Wildman–Crippen MR) is 113 cm³/mol. The topological polar surface area (TPSA) is 58.1 Å². The van der Waals surface area contributed by atoms with Crippen LogP contribution in [0.3, 0.4) is 0 Å². The number of hydrogen-bond donors (Lipinski definition) is 2. The van der Waals surface area contributed by atoms with E-state index in [1.165, 1.54) is 64.6 Å². The van der Waals surface area contributed by atoms with Crippen molar-refractivity contribution in [2.75, 3.05) is 59.1 Å². The second kappa shape index (κ2) is 15.1. The molecule has 0 aliphatic carbocycles. The third-order valence-corrected chi connectivity index (χ3v) is 5.28. The van der Waals surface area contributed by atoms with E-state index in [1.54, 1.807) is 0 Å². The lowest BCUT2D eigenvalue weighted by Gasteiger charge is -2.26. The summed E-state index contributed by atoms with van der Waals surface area (Å²) in [5, 5.41) is 6.79. The van der Waals surface area contributed by atoms with Crippen LogP contribution in [0.4, 0.5) is 0 Å². The Morgan fingerprint density at radius 2 is 1.96 bits per heavy atom. The van der Waals surface area contributed by atoms with Gasteiger partial charge in [0.15, 0.2) is 5.96 Å². The van der Waals surface area contributed by atoms with E-state index in [0.717, 1.165) is 58.3 Å². The highest BCUT2D eigenvalue weighted by Crippen LogP contribution is 2.12. The van der Waals surface area contributed by atoms with Gasteiger partial charge in [-0.15, -0.1) is 0 Å².